The van der Waals surface area contributed by atoms with Crippen molar-refractivity contribution in [3.8, 4) is 5.75 Å². The second kappa shape index (κ2) is 8.10. The largest absolute Gasteiger partial charge is 0.507 e. The highest BCUT2D eigenvalue weighted by molar-refractivity contribution is 7.92. The van der Waals surface area contributed by atoms with E-state index >= 15 is 0 Å². The minimum Gasteiger partial charge on any atom is -0.507 e. The van der Waals surface area contributed by atoms with Gasteiger partial charge in [-0.15, -0.1) is 0 Å². The molecule has 6 nitrogen and oxygen atoms in total. The summed E-state index contributed by atoms with van der Waals surface area (Å²) in [5, 5.41) is 13.6. The van der Waals surface area contributed by atoms with Crippen molar-refractivity contribution in [1.29, 1.82) is 0 Å². The Balaban J connectivity index is 1.86. The second-order valence-electron chi connectivity index (χ2n) is 5.76. The summed E-state index contributed by atoms with van der Waals surface area (Å²) in [7, 11) is -4.13. The number of amides is 1. The van der Waals surface area contributed by atoms with E-state index in [1.165, 1.54) is 30.3 Å². The van der Waals surface area contributed by atoms with E-state index in [2.05, 4.69) is 10.0 Å². The Morgan fingerprint density at radius 3 is 1.93 bits per heavy atom. The third kappa shape index (κ3) is 4.75. The maximum atomic E-state index is 12.6. The molecule has 3 rings (SSSR count). The van der Waals surface area contributed by atoms with Gasteiger partial charge in [-0.1, -0.05) is 23.2 Å². The maximum absolute atomic E-state index is 12.6. The zero-order chi connectivity index (χ0) is 20.3. The molecule has 0 heterocycles. The van der Waals surface area contributed by atoms with E-state index in [-0.39, 0.29) is 11.3 Å². The van der Waals surface area contributed by atoms with Crippen LogP contribution in [-0.4, -0.2) is 19.4 Å². The van der Waals surface area contributed by atoms with Crippen LogP contribution in [0, 0.1) is 0 Å². The lowest BCUT2D eigenvalue weighted by atomic mass is 10.2. The minimum absolute atomic E-state index is 0.0595. The fourth-order valence-electron chi connectivity index (χ4n) is 2.34. The fourth-order valence-corrected chi connectivity index (χ4v) is 3.77. The SMILES string of the molecule is O=C(Nc1ccc(Cl)cc1)c1ccc(O)c(S(=O)(=O)Nc2ccc(Cl)cc2)c1. The van der Waals surface area contributed by atoms with E-state index in [1.54, 1.807) is 24.3 Å². The van der Waals surface area contributed by atoms with Gasteiger partial charge < -0.3 is 10.4 Å². The van der Waals surface area contributed by atoms with Crippen LogP contribution in [0.5, 0.6) is 5.75 Å². The second-order valence-corrected chi connectivity index (χ2v) is 8.28. The number of phenolic OH excluding ortho intramolecular Hbond substituents is 1. The number of anilines is 2. The first-order valence-electron chi connectivity index (χ1n) is 7.93. The van der Waals surface area contributed by atoms with E-state index in [9.17, 15) is 18.3 Å². The van der Waals surface area contributed by atoms with Gasteiger partial charge in [-0.2, -0.15) is 0 Å². The van der Waals surface area contributed by atoms with Crippen LogP contribution in [0.2, 0.25) is 10.0 Å². The van der Waals surface area contributed by atoms with Crippen LogP contribution in [0.15, 0.2) is 71.6 Å². The molecule has 0 aromatic heterocycles. The van der Waals surface area contributed by atoms with Crippen molar-refractivity contribution in [1.82, 2.24) is 0 Å². The number of hydrogen-bond acceptors (Lipinski definition) is 4. The molecule has 3 aromatic rings. The molecule has 9 heteroatoms. The standard InChI is InChI=1S/C19H14Cl2N2O4S/c20-13-2-6-15(7-3-13)22-19(25)12-1-10-17(24)18(11-12)28(26,27)23-16-8-4-14(21)5-9-16/h1-11,23-24H,(H,22,25). The molecule has 1 amide bonds. The predicted molar refractivity (Wildman–Crippen MR) is 110 cm³/mol. The predicted octanol–water partition coefficient (Wildman–Crippen LogP) is 4.75. The Bertz CT molecular complexity index is 1120. The molecular weight excluding hydrogens is 423 g/mol. The van der Waals surface area contributed by atoms with E-state index in [4.69, 9.17) is 23.2 Å². The van der Waals surface area contributed by atoms with Crippen LogP contribution < -0.4 is 10.0 Å². The fraction of sp³-hybridized carbons (Fsp3) is 0. The topological polar surface area (TPSA) is 95.5 Å². The lowest BCUT2D eigenvalue weighted by molar-refractivity contribution is 0.102. The third-order valence-electron chi connectivity index (χ3n) is 3.71. The van der Waals surface area contributed by atoms with Crippen molar-refractivity contribution in [2.24, 2.45) is 0 Å². The van der Waals surface area contributed by atoms with Crippen LogP contribution in [0.1, 0.15) is 10.4 Å². The zero-order valence-electron chi connectivity index (χ0n) is 14.2. The van der Waals surface area contributed by atoms with Gasteiger partial charge in [0.2, 0.25) is 0 Å². The van der Waals surface area contributed by atoms with Gasteiger partial charge in [0, 0.05) is 27.0 Å². The van der Waals surface area contributed by atoms with Crippen molar-refractivity contribution in [3.05, 3.63) is 82.3 Å². The summed E-state index contributed by atoms with van der Waals surface area (Å²) in [6.45, 7) is 0. The van der Waals surface area contributed by atoms with Crippen LogP contribution in [0.3, 0.4) is 0 Å². The highest BCUT2D eigenvalue weighted by Crippen LogP contribution is 2.27. The number of aromatic hydroxyl groups is 1. The molecule has 0 aliphatic carbocycles. The molecule has 0 unspecified atom stereocenters. The molecule has 0 fully saturated rings. The minimum atomic E-state index is -4.13. The van der Waals surface area contributed by atoms with Crippen molar-refractivity contribution < 1.29 is 18.3 Å². The Morgan fingerprint density at radius 2 is 1.36 bits per heavy atom. The molecule has 0 bridgehead atoms. The zero-order valence-corrected chi connectivity index (χ0v) is 16.5. The molecule has 28 heavy (non-hydrogen) atoms. The van der Waals surface area contributed by atoms with Crippen molar-refractivity contribution in [2.75, 3.05) is 10.0 Å². The summed E-state index contributed by atoms with van der Waals surface area (Å²) in [6.07, 6.45) is 0. The summed E-state index contributed by atoms with van der Waals surface area (Å²) < 4.78 is 27.6. The van der Waals surface area contributed by atoms with Gasteiger partial charge >= 0.3 is 0 Å². The number of rotatable bonds is 5. The van der Waals surface area contributed by atoms with Crippen molar-refractivity contribution >= 4 is 50.5 Å². The Morgan fingerprint density at radius 1 is 0.821 bits per heavy atom. The molecule has 144 valence electrons. The van der Waals surface area contributed by atoms with Gasteiger partial charge in [0.1, 0.15) is 10.6 Å². The number of nitrogens with one attached hydrogen (secondary N) is 2. The van der Waals surface area contributed by atoms with Gasteiger partial charge in [0.15, 0.2) is 0 Å². The first-order valence-corrected chi connectivity index (χ1v) is 10.2. The van der Waals surface area contributed by atoms with Gasteiger partial charge in [0.05, 0.1) is 0 Å². The molecular formula is C19H14Cl2N2O4S. The number of carbonyl (C=O) groups is 1. The smallest absolute Gasteiger partial charge is 0.265 e. The third-order valence-corrected chi connectivity index (χ3v) is 5.62. The van der Waals surface area contributed by atoms with Crippen LogP contribution in [0.25, 0.3) is 0 Å². The monoisotopic (exact) mass is 436 g/mol. The molecule has 0 aliphatic rings. The van der Waals surface area contributed by atoms with E-state index < -0.39 is 26.6 Å². The van der Waals surface area contributed by atoms with Gasteiger partial charge in [-0.3, -0.25) is 9.52 Å². The number of halogens is 2. The quantitative estimate of drug-likeness (QED) is 0.537. The lowest BCUT2D eigenvalue weighted by Gasteiger charge is -2.11. The molecule has 0 aliphatic heterocycles. The average molecular weight is 437 g/mol. The highest BCUT2D eigenvalue weighted by Gasteiger charge is 2.21. The summed E-state index contributed by atoms with van der Waals surface area (Å²) >= 11 is 11.6. The van der Waals surface area contributed by atoms with Crippen molar-refractivity contribution in [3.63, 3.8) is 0 Å². The summed E-state index contributed by atoms with van der Waals surface area (Å²) in [5.74, 6) is -1.02. The molecule has 3 N–H and O–H groups in total. The Hall–Kier alpha value is -2.74. The summed E-state index contributed by atoms with van der Waals surface area (Å²) in [4.78, 5) is 12.0. The van der Waals surface area contributed by atoms with Crippen LogP contribution in [0.4, 0.5) is 11.4 Å². The molecule has 0 saturated carbocycles. The number of phenols is 1. The number of sulfonamides is 1. The number of hydrogen-bond donors (Lipinski definition) is 3. The molecule has 3 aromatic carbocycles. The summed E-state index contributed by atoms with van der Waals surface area (Å²) in [5.41, 5.74) is 0.815. The average Bonchev–Trinajstić information content (AvgIpc) is 2.65. The summed E-state index contributed by atoms with van der Waals surface area (Å²) in [6, 6.07) is 16.0. The van der Waals surface area contributed by atoms with Gasteiger partial charge in [-0.05, 0) is 66.7 Å². The first kappa shape index (κ1) is 20.0. The lowest BCUT2D eigenvalue weighted by Crippen LogP contribution is -2.16. The van der Waals surface area contributed by atoms with Gasteiger partial charge in [-0.25, -0.2) is 8.42 Å². The molecule has 0 spiro atoms. The normalized spacial score (nSPS) is 11.1. The van der Waals surface area contributed by atoms with E-state index in [0.29, 0.717) is 15.7 Å². The van der Waals surface area contributed by atoms with Crippen LogP contribution >= 0.6 is 23.2 Å². The number of benzene rings is 3. The van der Waals surface area contributed by atoms with Crippen LogP contribution in [-0.2, 0) is 10.0 Å². The molecule has 0 radical (unpaired) electrons. The highest BCUT2D eigenvalue weighted by atomic mass is 35.5. The van der Waals surface area contributed by atoms with E-state index in [0.717, 1.165) is 12.1 Å². The van der Waals surface area contributed by atoms with Crippen molar-refractivity contribution in [2.45, 2.75) is 4.90 Å². The van der Waals surface area contributed by atoms with E-state index in [1.807, 2.05) is 0 Å². The Labute approximate surface area is 171 Å². The molecule has 0 atom stereocenters. The maximum Gasteiger partial charge on any atom is 0.265 e. The Kier molecular flexibility index (Phi) is 5.79. The van der Waals surface area contributed by atoms with Gasteiger partial charge in [0.25, 0.3) is 15.9 Å². The molecule has 0 saturated heterocycles. The number of carbonyl (C=O) groups excluding carboxylic acids is 1. The first-order chi connectivity index (χ1) is 13.2.